The van der Waals surface area contributed by atoms with Crippen LogP contribution in [0.5, 0.6) is 0 Å². The van der Waals surface area contributed by atoms with E-state index in [9.17, 15) is 24.2 Å². The van der Waals surface area contributed by atoms with Crippen LogP contribution in [0.3, 0.4) is 0 Å². The van der Waals surface area contributed by atoms with Crippen molar-refractivity contribution in [1.82, 2.24) is 0 Å². The topological polar surface area (TPSA) is 17.1 Å². The molecule has 104 valence electrons. The Morgan fingerprint density at radius 3 is 1.89 bits per heavy atom. The third-order valence-corrected chi connectivity index (χ3v) is 7.51. The number of halogens is 6. The van der Waals surface area contributed by atoms with E-state index >= 15 is 0 Å². The molecule has 18 heavy (non-hydrogen) atoms. The van der Waals surface area contributed by atoms with E-state index in [0.717, 1.165) is 0 Å². The van der Waals surface area contributed by atoms with Gasteiger partial charge in [-0.1, -0.05) is 11.6 Å². The summed E-state index contributed by atoms with van der Waals surface area (Å²) in [5.74, 6) is -1.13. The lowest BCUT2D eigenvalue weighted by molar-refractivity contribution is -0.119. The molecule has 1 rings (SSSR count). The fourth-order valence-electron chi connectivity index (χ4n) is 1.28. The molecule has 0 fully saturated rings. The summed E-state index contributed by atoms with van der Waals surface area (Å²) in [4.78, 5) is 10.3. The highest BCUT2D eigenvalue weighted by atomic mass is 35.5. The molecule has 0 saturated heterocycles. The maximum Gasteiger partial charge on any atom is 0.212 e. The largest absolute Gasteiger partial charge is 0.296 e. The van der Waals surface area contributed by atoms with Crippen molar-refractivity contribution in [2.45, 2.75) is 14.7 Å². The van der Waals surface area contributed by atoms with Crippen LogP contribution in [0.15, 0.2) is 9.81 Å². The van der Waals surface area contributed by atoms with Gasteiger partial charge in [0, 0.05) is 11.3 Å². The Morgan fingerprint density at radius 1 is 1.00 bits per heavy atom. The summed E-state index contributed by atoms with van der Waals surface area (Å²) in [6.45, 7) is 0. The SMILES string of the molecule is O=C1CC(SF)=C(SF)C(SF)(SF)C1(Cl)SF. The zero-order chi connectivity index (χ0) is 14.0. The third kappa shape index (κ3) is 2.39. The molecule has 1 aliphatic rings. The number of Topliss-reactive ketones (excluding diaryl/α,β-unsaturated/α-hetero) is 1. The molecule has 12 heteroatoms. The first kappa shape index (κ1) is 17.2. The van der Waals surface area contributed by atoms with Gasteiger partial charge < -0.3 is 0 Å². The van der Waals surface area contributed by atoms with E-state index in [0.29, 0.717) is 0 Å². The molecule has 1 atom stereocenters. The van der Waals surface area contributed by atoms with Crippen molar-refractivity contribution in [3.05, 3.63) is 9.81 Å². The Labute approximate surface area is 126 Å². The first-order valence-corrected chi connectivity index (χ1v) is 7.85. The van der Waals surface area contributed by atoms with E-state index in [1.54, 1.807) is 0 Å². The summed E-state index contributed by atoms with van der Waals surface area (Å²) < 4.78 is 58.9. The minimum atomic E-state index is -2.71. The lowest BCUT2D eigenvalue weighted by atomic mass is 10.0. The van der Waals surface area contributed by atoms with Gasteiger partial charge in [-0.2, -0.15) is 19.4 Å². The first-order chi connectivity index (χ1) is 8.47. The van der Waals surface area contributed by atoms with E-state index < -0.39 is 91.0 Å². The van der Waals surface area contributed by atoms with Gasteiger partial charge in [0.1, 0.15) is 0 Å². The predicted molar refractivity (Wildman–Crippen MR) is 71.5 cm³/mol. The number of alkyl halides is 1. The van der Waals surface area contributed by atoms with Gasteiger partial charge in [-0.15, -0.1) is 0 Å². The van der Waals surface area contributed by atoms with Crippen molar-refractivity contribution in [1.29, 1.82) is 0 Å². The van der Waals surface area contributed by atoms with Crippen LogP contribution < -0.4 is 0 Å². The normalized spacial score (nSPS) is 27.8. The van der Waals surface area contributed by atoms with Crippen molar-refractivity contribution in [2.75, 3.05) is 0 Å². The molecule has 0 aliphatic heterocycles. The monoisotopic (exact) mass is 380 g/mol. The Bertz CT molecular complexity index is 377. The van der Waals surface area contributed by atoms with Gasteiger partial charge in [-0.05, 0) is 0 Å². The zero-order valence-corrected chi connectivity index (χ0v) is 12.8. The minimum Gasteiger partial charge on any atom is -0.296 e. The number of hydrogen-bond donors (Lipinski definition) is 0. The number of carbonyl (C=O) groups is 1. The minimum absolute atomic E-state index is 0.520. The number of rotatable bonds is 5. The van der Waals surface area contributed by atoms with Gasteiger partial charge in [0.25, 0.3) is 0 Å². The third-order valence-electron chi connectivity index (χ3n) is 2.15. The molecule has 0 bridgehead atoms. The molecule has 0 saturated carbocycles. The molecule has 1 unspecified atom stereocenters. The zero-order valence-electron chi connectivity index (χ0n) is 7.92. The Balaban J connectivity index is 3.53. The number of ketones is 1. The highest BCUT2D eigenvalue weighted by Gasteiger charge is 2.66. The summed E-state index contributed by atoms with van der Waals surface area (Å²) in [6.07, 6.45) is -0.725. The molecule has 1 aliphatic carbocycles. The molecule has 0 aromatic carbocycles. The average Bonchev–Trinajstić information content (AvgIpc) is 2.40. The summed E-state index contributed by atoms with van der Waals surface area (Å²) in [5.41, 5.74) is 0. The van der Waals surface area contributed by atoms with Crippen LogP contribution in [0.1, 0.15) is 6.42 Å². The highest BCUT2D eigenvalue weighted by Crippen LogP contribution is 2.66. The van der Waals surface area contributed by atoms with E-state index in [-0.39, 0.29) is 0 Å². The van der Waals surface area contributed by atoms with Crippen molar-refractivity contribution in [3.63, 3.8) is 0 Å². The van der Waals surface area contributed by atoms with Crippen LogP contribution in [0.4, 0.5) is 19.4 Å². The fraction of sp³-hybridized carbons (Fsp3) is 0.500. The summed E-state index contributed by atoms with van der Waals surface area (Å²) in [7, 11) is 0. The van der Waals surface area contributed by atoms with Gasteiger partial charge in [0.15, 0.2) is 9.86 Å². The number of hydrogen-bond acceptors (Lipinski definition) is 6. The lowest BCUT2D eigenvalue weighted by Crippen LogP contribution is -2.51. The van der Waals surface area contributed by atoms with Crippen molar-refractivity contribution >= 4 is 78.1 Å². The maximum absolute atomic E-state index is 13.0. The predicted octanol–water partition coefficient (Wildman–Crippen LogP) is 5.89. The molecule has 0 spiro atoms. The standard InChI is InChI=1S/C6H2ClF5OS5/c7-5(16-10)3(13)1-2(14-8)4(15-9)6(5,17-11)18-12/h1H2. The molecule has 0 radical (unpaired) electrons. The average molecular weight is 381 g/mol. The molecule has 0 aromatic heterocycles. The van der Waals surface area contributed by atoms with Gasteiger partial charge >= 0.3 is 0 Å². The van der Waals surface area contributed by atoms with Crippen LogP contribution in [0.25, 0.3) is 0 Å². The molecule has 0 N–H and O–H groups in total. The van der Waals surface area contributed by atoms with Gasteiger partial charge in [-0.25, -0.2) is 0 Å². The van der Waals surface area contributed by atoms with E-state index in [2.05, 4.69) is 0 Å². The second-order valence-electron chi connectivity index (χ2n) is 2.95. The van der Waals surface area contributed by atoms with Crippen LogP contribution in [-0.4, -0.2) is 14.1 Å². The molecule has 0 amide bonds. The quantitative estimate of drug-likeness (QED) is 0.333. The number of allylic oxidation sites excluding steroid dienone is 1. The van der Waals surface area contributed by atoms with Crippen LogP contribution in [0.2, 0.25) is 0 Å². The van der Waals surface area contributed by atoms with Crippen molar-refractivity contribution < 1.29 is 24.2 Å². The summed E-state index contributed by atoms with van der Waals surface area (Å²) in [6, 6.07) is 0. The van der Waals surface area contributed by atoms with Crippen molar-refractivity contribution in [2.24, 2.45) is 0 Å². The second kappa shape index (κ2) is 6.70. The Hall–Kier alpha value is 1.10. The molecular formula is C6H2ClF5OS5. The van der Waals surface area contributed by atoms with Crippen LogP contribution in [0, 0.1) is 0 Å². The Kier molecular flexibility index (Phi) is 6.39. The number of carbonyl (C=O) groups excluding carboxylic acids is 1. The molecule has 1 nitrogen and oxygen atoms in total. The lowest BCUT2D eigenvalue weighted by Gasteiger charge is -2.40. The van der Waals surface area contributed by atoms with E-state index in [1.165, 1.54) is 0 Å². The van der Waals surface area contributed by atoms with E-state index in [4.69, 9.17) is 11.6 Å². The van der Waals surface area contributed by atoms with Crippen LogP contribution >= 0.6 is 72.3 Å². The second-order valence-corrected chi connectivity index (χ2v) is 7.51. The maximum atomic E-state index is 13.0. The molecular weight excluding hydrogens is 379 g/mol. The van der Waals surface area contributed by atoms with Crippen molar-refractivity contribution in [3.8, 4) is 0 Å². The van der Waals surface area contributed by atoms with E-state index in [1.807, 2.05) is 0 Å². The van der Waals surface area contributed by atoms with Gasteiger partial charge in [0.05, 0.1) is 65.6 Å². The summed E-state index contributed by atoms with van der Waals surface area (Å²) in [5, 5.41) is 0. The fourth-order valence-corrected chi connectivity index (χ4v) is 4.91. The molecule has 0 aromatic rings. The van der Waals surface area contributed by atoms with Gasteiger partial charge in [0.2, 0.25) is 4.21 Å². The first-order valence-electron chi connectivity index (χ1n) is 3.89. The van der Waals surface area contributed by atoms with Gasteiger partial charge in [-0.3, -0.25) is 4.79 Å². The summed E-state index contributed by atoms with van der Waals surface area (Å²) >= 11 is 1.91. The highest BCUT2D eigenvalue weighted by molar-refractivity contribution is 8.18. The smallest absolute Gasteiger partial charge is 0.212 e. The Morgan fingerprint density at radius 2 is 1.56 bits per heavy atom. The molecule has 0 heterocycles. The van der Waals surface area contributed by atoms with Crippen LogP contribution in [-0.2, 0) is 4.79 Å².